The van der Waals surface area contributed by atoms with Crippen molar-refractivity contribution >= 4 is 12.4 Å². The van der Waals surface area contributed by atoms with E-state index in [-0.39, 0.29) is 12.4 Å². The monoisotopic (exact) mass is 177 g/mol. The van der Waals surface area contributed by atoms with Gasteiger partial charge in [0.25, 0.3) is 0 Å². The molecule has 0 amide bonds. The maximum atomic E-state index is 5.38. The molecule has 0 aromatic heterocycles. The highest BCUT2D eigenvalue weighted by atomic mass is 35.5. The van der Waals surface area contributed by atoms with Crippen LogP contribution < -0.4 is 5.32 Å². The summed E-state index contributed by atoms with van der Waals surface area (Å²) in [5, 5.41) is 3.57. The predicted octanol–water partition coefficient (Wildman–Crippen LogP) is 1.34. The van der Waals surface area contributed by atoms with Crippen molar-refractivity contribution in [2.24, 2.45) is 0 Å². The summed E-state index contributed by atoms with van der Waals surface area (Å²) in [5.74, 6) is 0. The number of hydrogen-bond donors (Lipinski definition) is 1. The fourth-order valence-corrected chi connectivity index (χ4v) is 1.97. The highest BCUT2D eigenvalue weighted by molar-refractivity contribution is 5.85. The molecule has 66 valence electrons. The summed E-state index contributed by atoms with van der Waals surface area (Å²) in [6.45, 7) is 3.11. The van der Waals surface area contributed by atoms with Crippen molar-refractivity contribution < 1.29 is 4.74 Å². The van der Waals surface area contributed by atoms with Crippen molar-refractivity contribution in [3.05, 3.63) is 0 Å². The van der Waals surface area contributed by atoms with Crippen LogP contribution in [0.25, 0.3) is 0 Å². The van der Waals surface area contributed by atoms with Gasteiger partial charge in [0.05, 0.1) is 6.61 Å². The molecule has 2 aliphatic rings. The molecule has 2 rings (SSSR count). The van der Waals surface area contributed by atoms with Gasteiger partial charge in [0.15, 0.2) is 0 Å². The zero-order chi connectivity index (χ0) is 6.86. The van der Waals surface area contributed by atoms with E-state index >= 15 is 0 Å². The molecular weight excluding hydrogens is 162 g/mol. The summed E-state index contributed by atoms with van der Waals surface area (Å²) in [6, 6.07) is 0. The van der Waals surface area contributed by atoms with Gasteiger partial charge in [-0.2, -0.15) is 0 Å². The van der Waals surface area contributed by atoms with E-state index in [0.29, 0.717) is 5.54 Å². The van der Waals surface area contributed by atoms with E-state index in [0.717, 1.165) is 13.2 Å². The molecule has 0 bridgehead atoms. The number of nitrogens with one attached hydrogen (secondary N) is 1. The van der Waals surface area contributed by atoms with Crippen molar-refractivity contribution in [3.63, 3.8) is 0 Å². The first-order valence-corrected chi connectivity index (χ1v) is 4.24. The lowest BCUT2D eigenvalue weighted by molar-refractivity contribution is 0.153. The molecule has 1 unspecified atom stereocenters. The molecule has 0 saturated carbocycles. The lowest BCUT2D eigenvalue weighted by atomic mass is 9.88. The Kier molecular flexibility index (Phi) is 3.16. The van der Waals surface area contributed by atoms with Crippen LogP contribution in [0.3, 0.4) is 0 Å². The minimum Gasteiger partial charge on any atom is -0.379 e. The Balaban J connectivity index is 0.000000605. The predicted molar refractivity (Wildman–Crippen MR) is 47.3 cm³/mol. The molecule has 2 nitrogen and oxygen atoms in total. The van der Waals surface area contributed by atoms with E-state index in [4.69, 9.17) is 4.74 Å². The largest absolute Gasteiger partial charge is 0.379 e. The third-order valence-corrected chi connectivity index (χ3v) is 2.69. The number of hydrogen-bond acceptors (Lipinski definition) is 2. The van der Waals surface area contributed by atoms with E-state index in [1.54, 1.807) is 0 Å². The summed E-state index contributed by atoms with van der Waals surface area (Å²) in [7, 11) is 0. The number of halogens is 1. The summed E-state index contributed by atoms with van der Waals surface area (Å²) in [5.41, 5.74) is 0.401. The van der Waals surface area contributed by atoms with E-state index in [1.165, 1.54) is 32.2 Å². The molecule has 2 heterocycles. The molecule has 2 aliphatic heterocycles. The summed E-state index contributed by atoms with van der Waals surface area (Å²) in [6.07, 6.45) is 5.29. The first-order valence-electron chi connectivity index (χ1n) is 4.24. The van der Waals surface area contributed by atoms with Gasteiger partial charge < -0.3 is 10.1 Å². The molecule has 0 aromatic carbocycles. The van der Waals surface area contributed by atoms with Gasteiger partial charge in [-0.05, 0) is 25.8 Å². The normalized spacial score (nSPS) is 37.1. The lowest BCUT2D eigenvalue weighted by Gasteiger charge is -2.32. The Hall–Kier alpha value is 0.210. The average Bonchev–Trinajstić information content (AvgIpc) is 2.39. The van der Waals surface area contributed by atoms with Crippen LogP contribution in [0.2, 0.25) is 0 Å². The van der Waals surface area contributed by atoms with E-state index < -0.39 is 0 Å². The SMILES string of the molecule is C1CCC2(CCOC2)NC1.Cl. The van der Waals surface area contributed by atoms with Crippen molar-refractivity contribution in [1.29, 1.82) is 0 Å². The maximum absolute atomic E-state index is 5.38. The Morgan fingerprint density at radius 2 is 2.09 bits per heavy atom. The van der Waals surface area contributed by atoms with Crippen LogP contribution >= 0.6 is 12.4 Å². The van der Waals surface area contributed by atoms with Crippen molar-refractivity contribution in [3.8, 4) is 0 Å². The molecule has 1 N–H and O–H groups in total. The minimum absolute atomic E-state index is 0. The molecule has 0 radical (unpaired) electrons. The molecule has 1 atom stereocenters. The van der Waals surface area contributed by atoms with Crippen LogP contribution in [0.15, 0.2) is 0 Å². The van der Waals surface area contributed by atoms with Gasteiger partial charge in [-0.1, -0.05) is 6.42 Å². The second-order valence-electron chi connectivity index (χ2n) is 3.47. The second-order valence-corrected chi connectivity index (χ2v) is 3.47. The van der Waals surface area contributed by atoms with Crippen molar-refractivity contribution in [1.82, 2.24) is 5.32 Å². The first kappa shape index (κ1) is 9.30. The number of rotatable bonds is 0. The van der Waals surface area contributed by atoms with Crippen LogP contribution in [0, 0.1) is 0 Å². The summed E-state index contributed by atoms with van der Waals surface area (Å²) < 4.78 is 5.38. The highest BCUT2D eigenvalue weighted by Crippen LogP contribution is 2.27. The van der Waals surface area contributed by atoms with Gasteiger partial charge >= 0.3 is 0 Å². The average molecular weight is 178 g/mol. The van der Waals surface area contributed by atoms with E-state index in [9.17, 15) is 0 Å². The van der Waals surface area contributed by atoms with Crippen molar-refractivity contribution in [2.75, 3.05) is 19.8 Å². The van der Waals surface area contributed by atoms with Gasteiger partial charge in [0.1, 0.15) is 0 Å². The van der Waals surface area contributed by atoms with Gasteiger partial charge in [0.2, 0.25) is 0 Å². The zero-order valence-electron chi connectivity index (χ0n) is 6.77. The van der Waals surface area contributed by atoms with Gasteiger partial charge in [-0.25, -0.2) is 0 Å². The molecule has 11 heavy (non-hydrogen) atoms. The van der Waals surface area contributed by atoms with Crippen LogP contribution in [-0.4, -0.2) is 25.3 Å². The first-order chi connectivity index (χ1) is 4.91. The fourth-order valence-electron chi connectivity index (χ4n) is 1.97. The quantitative estimate of drug-likeness (QED) is 0.603. The third-order valence-electron chi connectivity index (χ3n) is 2.69. The highest BCUT2D eigenvalue weighted by Gasteiger charge is 2.35. The van der Waals surface area contributed by atoms with E-state index in [1.807, 2.05) is 0 Å². The van der Waals surface area contributed by atoms with Gasteiger partial charge in [-0.3, -0.25) is 0 Å². The number of ether oxygens (including phenoxy) is 1. The lowest BCUT2D eigenvalue weighted by Crippen LogP contribution is -2.48. The Morgan fingerprint density at radius 1 is 1.18 bits per heavy atom. The minimum atomic E-state index is 0. The summed E-state index contributed by atoms with van der Waals surface area (Å²) >= 11 is 0. The number of piperidine rings is 1. The standard InChI is InChI=1S/C8H15NO.ClH/c1-2-5-9-8(3-1)4-6-10-7-8;/h9H,1-7H2;1H. The van der Waals surface area contributed by atoms with Gasteiger partial charge in [0, 0.05) is 12.1 Å². The van der Waals surface area contributed by atoms with Crippen molar-refractivity contribution in [2.45, 2.75) is 31.2 Å². The molecule has 2 saturated heterocycles. The molecule has 0 aliphatic carbocycles. The van der Waals surface area contributed by atoms with E-state index in [2.05, 4.69) is 5.32 Å². The smallest absolute Gasteiger partial charge is 0.0649 e. The Labute approximate surface area is 74.1 Å². The Morgan fingerprint density at radius 3 is 2.64 bits per heavy atom. The molecule has 1 spiro atoms. The molecule has 2 fully saturated rings. The second kappa shape index (κ2) is 3.74. The van der Waals surface area contributed by atoms with Crippen LogP contribution in [0.4, 0.5) is 0 Å². The maximum Gasteiger partial charge on any atom is 0.0649 e. The molecule has 0 aromatic rings. The van der Waals surface area contributed by atoms with Crippen LogP contribution in [0.5, 0.6) is 0 Å². The molecular formula is C8H16ClNO. The van der Waals surface area contributed by atoms with Crippen LogP contribution in [-0.2, 0) is 4.74 Å². The summed E-state index contributed by atoms with van der Waals surface area (Å²) in [4.78, 5) is 0. The molecule has 3 heteroatoms. The zero-order valence-corrected chi connectivity index (χ0v) is 7.58. The van der Waals surface area contributed by atoms with Gasteiger partial charge in [-0.15, -0.1) is 12.4 Å². The van der Waals surface area contributed by atoms with Crippen LogP contribution in [0.1, 0.15) is 25.7 Å². The third kappa shape index (κ3) is 1.86. The Bertz CT molecular complexity index is 115. The fraction of sp³-hybridized carbons (Fsp3) is 1.00. The topological polar surface area (TPSA) is 21.3 Å².